The Hall–Kier alpha value is -2.67. The number of aryl methyl sites for hydroxylation is 2. The van der Waals surface area contributed by atoms with Crippen LogP contribution in [0.1, 0.15) is 28.3 Å². The molecule has 7 heteroatoms. The van der Waals surface area contributed by atoms with E-state index < -0.39 is 11.7 Å². The van der Waals surface area contributed by atoms with E-state index in [0.717, 1.165) is 56.6 Å². The number of nitrogens with zero attached hydrogens (tertiary/aromatic N) is 4. The van der Waals surface area contributed by atoms with Gasteiger partial charge in [-0.25, -0.2) is 0 Å². The molecule has 1 aliphatic heterocycles. The second-order valence-electron chi connectivity index (χ2n) is 7.39. The number of hydrogen-bond donors (Lipinski definition) is 0. The van der Waals surface area contributed by atoms with Crippen LogP contribution >= 0.6 is 0 Å². The molecule has 0 saturated carbocycles. The summed E-state index contributed by atoms with van der Waals surface area (Å²) in [5.74, 6) is 1.93. The minimum Gasteiger partial charge on any atom is -0.314 e. The largest absolute Gasteiger partial charge is 0.416 e. The molecule has 4 nitrogen and oxygen atoms in total. The molecule has 4 rings (SSSR count). The summed E-state index contributed by atoms with van der Waals surface area (Å²) in [6.07, 6.45) is -1.83. The lowest BCUT2D eigenvalue weighted by atomic mass is 10.1. The quantitative estimate of drug-likeness (QED) is 0.646. The Morgan fingerprint density at radius 2 is 1.62 bits per heavy atom. The van der Waals surface area contributed by atoms with E-state index in [1.54, 1.807) is 6.07 Å². The van der Waals surface area contributed by atoms with Crippen LogP contribution in [0.3, 0.4) is 0 Å². The van der Waals surface area contributed by atoms with Crippen molar-refractivity contribution in [2.45, 2.75) is 38.5 Å². The van der Waals surface area contributed by atoms with E-state index in [0.29, 0.717) is 12.1 Å². The fraction of sp³-hybridized carbons (Fsp3) is 0.364. The predicted octanol–water partition coefficient (Wildman–Crippen LogP) is 4.14. The molecule has 29 heavy (non-hydrogen) atoms. The molecule has 0 fully saturated rings. The van der Waals surface area contributed by atoms with E-state index in [2.05, 4.69) is 31.8 Å². The highest BCUT2D eigenvalue weighted by Crippen LogP contribution is 2.29. The second kappa shape index (κ2) is 8.37. The summed E-state index contributed by atoms with van der Waals surface area (Å²) in [4.78, 5) is 2.19. The van der Waals surface area contributed by atoms with E-state index in [9.17, 15) is 13.2 Å². The summed E-state index contributed by atoms with van der Waals surface area (Å²) in [5, 5.41) is 8.73. The summed E-state index contributed by atoms with van der Waals surface area (Å²) in [6, 6.07) is 15.9. The molecule has 0 aliphatic carbocycles. The number of halogens is 3. The van der Waals surface area contributed by atoms with Gasteiger partial charge in [0.15, 0.2) is 0 Å². The lowest BCUT2D eigenvalue weighted by molar-refractivity contribution is -0.137. The maximum absolute atomic E-state index is 13.0. The zero-order chi connectivity index (χ0) is 20.3. The molecule has 0 unspecified atom stereocenters. The molecule has 0 bridgehead atoms. The van der Waals surface area contributed by atoms with Crippen molar-refractivity contribution in [3.05, 3.63) is 82.9 Å². The van der Waals surface area contributed by atoms with E-state index >= 15 is 0 Å². The van der Waals surface area contributed by atoms with E-state index in [4.69, 9.17) is 0 Å². The highest BCUT2D eigenvalue weighted by molar-refractivity contribution is 5.25. The van der Waals surface area contributed by atoms with Crippen LogP contribution in [0.15, 0.2) is 54.6 Å². The molecule has 0 spiro atoms. The number of benzene rings is 2. The Kier molecular flexibility index (Phi) is 5.67. The van der Waals surface area contributed by atoms with Gasteiger partial charge in [-0.3, -0.25) is 4.90 Å². The van der Waals surface area contributed by atoms with Crippen molar-refractivity contribution in [3.8, 4) is 0 Å². The third-order valence-corrected chi connectivity index (χ3v) is 5.34. The van der Waals surface area contributed by atoms with E-state index in [-0.39, 0.29) is 0 Å². The number of fused-ring (bicyclic) bond motifs is 1. The van der Waals surface area contributed by atoms with Gasteiger partial charge in [0.2, 0.25) is 0 Å². The average Bonchev–Trinajstić information content (AvgIpc) is 2.99. The zero-order valence-corrected chi connectivity index (χ0v) is 16.1. The Labute approximate surface area is 168 Å². The third kappa shape index (κ3) is 4.85. The van der Waals surface area contributed by atoms with Crippen LogP contribution in [0.5, 0.6) is 0 Å². The highest BCUT2D eigenvalue weighted by Gasteiger charge is 2.30. The smallest absolute Gasteiger partial charge is 0.314 e. The molecule has 2 aromatic carbocycles. The Balaban J connectivity index is 1.39. The van der Waals surface area contributed by atoms with Crippen LogP contribution < -0.4 is 0 Å². The van der Waals surface area contributed by atoms with Crippen LogP contribution in [0.4, 0.5) is 13.2 Å². The van der Waals surface area contributed by atoms with Gasteiger partial charge in [0.1, 0.15) is 11.6 Å². The first-order valence-corrected chi connectivity index (χ1v) is 9.82. The molecule has 1 aliphatic rings. The van der Waals surface area contributed by atoms with Gasteiger partial charge in [0.05, 0.1) is 5.56 Å². The number of alkyl halides is 3. The SMILES string of the molecule is FC(F)(F)c1cccc(CN2CCc3nnc(CCc4ccccc4)n3CC2)c1. The second-order valence-corrected chi connectivity index (χ2v) is 7.39. The van der Waals surface area contributed by atoms with Gasteiger partial charge in [-0.05, 0) is 23.6 Å². The first-order valence-electron chi connectivity index (χ1n) is 9.82. The molecule has 0 saturated heterocycles. The van der Waals surface area contributed by atoms with Gasteiger partial charge < -0.3 is 4.57 Å². The number of hydrogen-bond acceptors (Lipinski definition) is 3. The third-order valence-electron chi connectivity index (χ3n) is 5.34. The maximum Gasteiger partial charge on any atom is 0.416 e. The maximum atomic E-state index is 13.0. The number of rotatable bonds is 5. The molecule has 1 aromatic heterocycles. The Morgan fingerprint density at radius 3 is 2.41 bits per heavy atom. The van der Waals surface area contributed by atoms with Crippen molar-refractivity contribution in [1.82, 2.24) is 19.7 Å². The molecule has 2 heterocycles. The van der Waals surface area contributed by atoms with Crippen LogP contribution in [-0.4, -0.2) is 32.8 Å². The van der Waals surface area contributed by atoms with Crippen molar-refractivity contribution in [1.29, 1.82) is 0 Å². The first-order chi connectivity index (χ1) is 14.0. The van der Waals surface area contributed by atoms with Gasteiger partial charge in [-0.15, -0.1) is 10.2 Å². The molecule has 0 radical (unpaired) electrons. The van der Waals surface area contributed by atoms with Crippen LogP contribution in [-0.2, 0) is 38.5 Å². The first kappa shape index (κ1) is 19.6. The van der Waals surface area contributed by atoms with Crippen molar-refractivity contribution >= 4 is 0 Å². The Bertz CT molecular complexity index is 950. The Morgan fingerprint density at radius 1 is 0.828 bits per heavy atom. The number of aromatic nitrogens is 3. The van der Waals surface area contributed by atoms with Crippen LogP contribution in [0.25, 0.3) is 0 Å². The van der Waals surface area contributed by atoms with Crippen LogP contribution in [0, 0.1) is 0 Å². The van der Waals surface area contributed by atoms with Gasteiger partial charge >= 0.3 is 6.18 Å². The summed E-state index contributed by atoms with van der Waals surface area (Å²) >= 11 is 0. The zero-order valence-electron chi connectivity index (χ0n) is 16.1. The minimum absolute atomic E-state index is 0.502. The highest BCUT2D eigenvalue weighted by atomic mass is 19.4. The lowest BCUT2D eigenvalue weighted by Crippen LogP contribution is -2.27. The molecule has 152 valence electrons. The molecule has 0 atom stereocenters. The van der Waals surface area contributed by atoms with Gasteiger partial charge in [0.25, 0.3) is 0 Å². The molecule has 0 N–H and O–H groups in total. The van der Waals surface area contributed by atoms with E-state index in [1.807, 2.05) is 18.2 Å². The normalized spacial score (nSPS) is 15.1. The average molecular weight is 400 g/mol. The summed E-state index contributed by atoms with van der Waals surface area (Å²) in [6.45, 7) is 2.78. The minimum atomic E-state index is -4.31. The lowest BCUT2D eigenvalue weighted by Gasteiger charge is -2.20. The van der Waals surface area contributed by atoms with Crippen molar-refractivity contribution < 1.29 is 13.2 Å². The topological polar surface area (TPSA) is 34.0 Å². The molecular formula is C22H23F3N4. The summed E-state index contributed by atoms with van der Waals surface area (Å²) in [7, 11) is 0. The molecular weight excluding hydrogens is 377 g/mol. The van der Waals surface area contributed by atoms with Crippen molar-refractivity contribution in [3.63, 3.8) is 0 Å². The predicted molar refractivity (Wildman–Crippen MR) is 104 cm³/mol. The van der Waals surface area contributed by atoms with Gasteiger partial charge in [0, 0.05) is 39.0 Å². The summed E-state index contributed by atoms with van der Waals surface area (Å²) < 4.78 is 41.0. The van der Waals surface area contributed by atoms with Crippen LogP contribution in [0.2, 0.25) is 0 Å². The standard InChI is InChI=1S/C22H23F3N4/c23-22(24,25)19-8-4-7-18(15-19)16-28-12-11-21-27-26-20(29(21)14-13-28)10-9-17-5-2-1-3-6-17/h1-8,15H,9-14,16H2. The van der Waals surface area contributed by atoms with Gasteiger partial charge in [-0.1, -0.05) is 48.5 Å². The van der Waals surface area contributed by atoms with Gasteiger partial charge in [-0.2, -0.15) is 13.2 Å². The fourth-order valence-corrected chi connectivity index (χ4v) is 3.77. The molecule has 3 aromatic rings. The summed E-state index contributed by atoms with van der Waals surface area (Å²) in [5.41, 5.74) is 1.36. The van der Waals surface area contributed by atoms with Crippen molar-refractivity contribution in [2.24, 2.45) is 0 Å². The van der Waals surface area contributed by atoms with Crippen molar-refractivity contribution in [2.75, 3.05) is 13.1 Å². The molecule has 0 amide bonds. The monoisotopic (exact) mass is 400 g/mol. The van der Waals surface area contributed by atoms with E-state index in [1.165, 1.54) is 17.7 Å². The fourth-order valence-electron chi connectivity index (χ4n) is 3.77.